The molecule has 27 heavy (non-hydrogen) atoms. The topological polar surface area (TPSA) is 100 Å². The molecule has 0 aliphatic rings. The number of hydrogen-bond acceptors (Lipinski definition) is 5. The normalized spacial score (nSPS) is 9.78. The first-order valence-corrected chi connectivity index (χ1v) is 8.57. The molecule has 0 saturated carbocycles. The lowest BCUT2D eigenvalue weighted by atomic mass is 10.2. The Balaban J connectivity index is 1.73. The van der Waals surface area contributed by atoms with Crippen LogP contribution in [-0.2, 0) is 4.79 Å². The Morgan fingerprint density at radius 3 is 2.22 bits per heavy atom. The molecular weight excluding hydrogens is 346 g/mol. The largest absolute Gasteiger partial charge is 0.494 e. The van der Waals surface area contributed by atoms with Crippen LogP contribution in [0.2, 0.25) is 0 Å². The zero-order chi connectivity index (χ0) is 19.5. The van der Waals surface area contributed by atoms with Gasteiger partial charge in [0.15, 0.2) is 6.61 Å². The summed E-state index contributed by atoms with van der Waals surface area (Å²) in [7, 11) is 0. The molecule has 0 fully saturated rings. The third-order valence-electron chi connectivity index (χ3n) is 3.55. The molecular formula is C20H21N3O4. The zero-order valence-corrected chi connectivity index (χ0v) is 15.0. The van der Waals surface area contributed by atoms with Crippen molar-refractivity contribution in [2.45, 2.75) is 19.8 Å². The van der Waals surface area contributed by atoms with Crippen LogP contribution in [-0.4, -0.2) is 25.0 Å². The molecule has 0 aromatic heterocycles. The lowest BCUT2D eigenvalue weighted by Gasteiger charge is -2.09. The summed E-state index contributed by atoms with van der Waals surface area (Å²) in [5.74, 6) is 0.197. The molecule has 2 amide bonds. The van der Waals surface area contributed by atoms with E-state index in [1.54, 1.807) is 48.5 Å². The quantitative estimate of drug-likeness (QED) is 0.552. The summed E-state index contributed by atoms with van der Waals surface area (Å²) in [6, 6.07) is 15.0. The molecule has 0 heterocycles. The number of nitrogens with one attached hydrogen (secondary N) is 2. The minimum absolute atomic E-state index is 0.267. The molecule has 0 bridgehead atoms. The number of hydrazine groups is 1. The third kappa shape index (κ3) is 6.71. The SMILES string of the molecule is CCCCOc1ccc(C(=O)NNC(=O)COc2ccc(C#N)cc2)cc1. The monoisotopic (exact) mass is 367 g/mol. The standard InChI is InChI=1S/C20H21N3O4/c1-2-3-12-26-17-10-6-16(7-11-17)20(25)23-22-19(24)14-27-18-8-4-15(13-21)5-9-18/h4-11H,2-3,12,14H2,1H3,(H,22,24)(H,23,25). The Morgan fingerprint density at radius 2 is 1.59 bits per heavy atom. The van der Waals surface area contributed by atoms with Gasteiger partial charge in [-0.15, -0.1) is 0 Å². The number of carbonyl (C=O) groups excluding carboxylic acids is 2. The molecule has 7 nitrogen and oxygen atoms in total. The number of ether oxygens (including phenoxy) is 2. The van der Waals surface area contributed by atoms with Gasteiger partial charge in [-0.1, -0.05) is 13.3 Å². The molecule has 0 radical (unpaired) electrons. The van der Waals surface area contributed by atoms with E-state index in [2.05, 4.69) is 17.8 Å². The number of unbranched alkanes of at least 4 members (excludes halogenated alkanes) is 1. The summed E-state index contributed by atoms with van der Waals surface area (Å²) < 4.78 is 10.8. The third-order valence-corrected chi connectivity index (χ3v) is 3.55. The number of nitrogens with zero attached hydrogens (tertiary/aromatic N) is 1. The van der Waals surface area contributed by atoms with Crippen molar-refractivity contribution in [1.82, 2.24) is 10.9 Å². The molecule has 0 atom stereocenters. The number of amides is 2. The predicted molar refractivity (Wildman–Crippen MR) is 99.1 cm³/mol. The lowest BCUT2D eigenvalue weighted by molar-refractivity contribution is -0.123. The number of carbonyl (C=O) groups is 2. The predicted octanol–water partition coefficient (Wildman–Crippen LogP) is 2.58. The Labute approximate surface area is 157 Å². The summed E-state index contributed by atoms with van der Waals surface area (Å²) in [6.07, 6.45) is 2.02. The fraction of sp³-hybridized carbons (Fsp3) is 0.250. The highest BCUT2D eigenvalue weighted by molar-refractivity contribution is 5.95. The highest BCUT2D eigenvalue weighted by Crippen LogP contribution is 2.13. The van der Waals surface area contributed by atoms with E-state index < -0.39 is 11.8 Å². The molecule has 0 aliphatic carbocycles. The molecule has 2 aromatic rings. The van der Waals surface area contributed by atoms with Crippen molar-refractivity contribution in [3.63, 3.8) is 0 Å². The van der Waals surface area contributed by atoms with E-state index in [9.17, 15) is 9.59 Å². The Morgan fingerprint density at radius 1 is 0.963 bits per heavy atom. The van der Waals surface area contributed by atoms with Gasteiger partial charge in [-0.25, -0.2) is 0 Å². The smallest absolute Gasteiger partial charge is 0.276 e. The second-order valence-electron chi connectivity index (χ2n) is 5.65. The maximum atomic E-state index is 12.0. The van der Waals surface area contributed by atoms with Crippen LogP contribution in [0.15, 0.2) is 48.5 Å². The average molecular weight is 367 g/mol. The van der Waals surface area contributed by atoms with Crippen LogP contribution < -0.4 is 20.3 Å². The molecule has 2 N–H and O–H groups in total. The van der Waals surface area contributed by atoms with Gasteiger partial charge in [-0.05, 0) is 55.0 Å². The van der Waals surface area contributed by atoms with Crippen LogP contribution >= 0.6 is 0 Å². The van der Waals surface area contributed by atoms with Gasteiger partial charge in [-0.2, -0.15) is 5.26 Å². The Kier molecular flexibility index (Phi) is 7.67. The maximum absolute atomic E-state index is 12.0. The number of nitriles is 1. The second-order valence-corrected chi connectivity index (χ2v) is 5.65. The first-order chi connectivity index (χ1) is 13.1. The second kappa shape index (κ2) is 10.5. The van der Waals surface area contributed by atoms with Crippen LogP contribution in [0.3, 0.4) is 0 Å². The zero-order valence-electron chi connectivity index (χ0n) is 15.0. The fourth-order valence-electron chi connectivity index (χ4n) is 2.05. The van der Waals surface area contributed by atoms with E-state index in [1.807, 2.05) is 6.07 Å². The van der Waals surface area contributed by atoms with Crippen LogP contribution in [0.1, 0.15) is 35.7 Å². The minimum Gasteiger partial charge on any atom is -0.494 e. The van der Waals surface area contributed by atoms with Gasteiger partial charge in [0.05, 0.1) is 18.2 Å². The van der Waals surface area contributed by atoms with E-state index in [4.69, 9.17) is 14.7 Å². The first kappa shape index (κ1) is 19.8. The van der Waals surface area contributed by atoms with E-state index in [1.165, 1.54) is 0 Å². The van der Waals surface area contributed by atoms with E-state index in [-0.39, 0.29) is 6.61 Å². The van der Waals surface area contributed by atoms with Gasteiger partial charge < -0.3 is 9.47 Å². The first-order valence-electron chi connectivity index (χ1n) is 8.57. The van der Waals surface area contributed by atoms with Crippen molar-refractivity contribution in [3.05, 3.63) is 59.7 Å². The van der Waals surface area contributed by atoms with Crippen molar-refractivity contribution in [2.75, 3.05) is 13.2 Å². The lowest BCUT2D eigenvalue weighted by Crippen LogP contribution is -2.43. The fourth-order valence-corrected chi connectivity index (χ4v) is 2.05. The highest BCUT2D eigenvalue weighted by atomic mass is 16.5. The van der Waals surface area contributed by atoms with Crippen LogP contribution in [0.25, 0.3) is 0 Å². The van der Waals surface area contributed by atoms with Gasteiger partial charge in [0, 0.05) is 5.56 Å². The van der Waals surface area contributed by atoms with Gasteiger partial charge in [0.25, 0.3) is 11.8 Å². The summed E-state index contributed by atoms with van der Waals surface area (Å²) in [5, 5.41) is 8.72. The number of benzene rings is 2. The van der Waals surface area contributed by atoms with Gasteiger partial charge in [0.2, 0.25) is 0 Å². The van der Waals surface area contributed by atoms with Crippen molar-refractivity contribution < 1.29 is 19.1 Å². The molecule has 140 valence electrons. The van der Waals surface area contributed by atoms with Gasteiger partial charge in [0.1, 0.15) is 11.5 Å². The molecule has 0 spiro atoms. The molecule has 7 heteroatoms. The van der Waals surface area contributed by atoms with Crippen LogP contribution in [0, 0.1) is 11.3 Å². The summed E-state index contributed by atoms with van der Waals surface area (Å²) in [6.45, 7) is 2.45. The van der Waals surface area contributed by atoms with Gasteiger partial charge >= 0.3 is 0 Å². The summed E-state index contributed by atoms with van der Waals surface area (Å²) in [5.41, 5.74) is 5.50. The van der Waals surface area contributed by atoms with Gasteiger partial charge in [-0.3, -0.25) is 20.4 Å². The highest BCUT2D eigenvalue weighted by Gasteiger charge is 2.08. The summed E-state index contributed by atoms with van der Waals surface area (Å²) >= 11 is 0. The van der Waals surface area contributed by atoms with Crippen molar-refractivity contribution in [2.24, 2.45) is 0 Å². The van der Waals surface area contributed by atoms with Crippen LogP contribution in [0.4, 0.5) is 0 Å². The van der Waals surface area contributed by atoms with E-state index >= 15 is 0 Å². The minimum atomic E-state index is -0.507. The van der Waals surface area contributed by atoms with Crippen molar-refractivity contribution in [1.29, 1.82) is 5.26 Å². The van der Waals surface area contributed by atoms with Crippen LogP contribution in [0.5, 0.6) is 11.5 Å². The van der Waals surface area contributed by atoms with E-state index in [0.29, 0.717) is 29.2 Å². The Hall–Kier alpha value is -3.53. The average Bonchev–Trinajstić information content (AvgIpc) is 2.71. The van der Waals surface area contributed by atoms with E-state index in [0.717, 1.165) is 12.8 Å². The summed E-state index contributed by atoms with van der Waals surface area (Å²) in [4.78, 5) is 23.8. The Bertz CT molecular complexity index is 795. The van der Waals surface area contributed by atoms with Crippen molar-refractivity contribution in [3.8, 4) is 17.6 Å². The number of hydrogen-bond donors (Lipinski definition) is 2. The molecule has 0 saturated heterocycles. The molecule has 2 rings (SSSR count). The molecule has 0 unspecified atom stereocenters. The maximum Gasteiger partial charge on any atom is 0.276 e. The number of rotatable bonds is 8. The molecule has 0 aliphatic heterocycles. The van der Waals surface area contributed by atoms with Crippen molar-refractivity contribution >= 4 is 11.8 Å². The molecule has 2 aromatic carbocycles.